The Labute approximate surface area is 118 Å². The molecule has 0 unspecified atom stereocenters. The Balaban J connectivity index is 2.26. The summed E-state index contributed by atoms with van der Waals surface area (Å²) in [4.78, 5) is 4.30. The van der Waals surface area contributed by atoms with Crippen LogP contribution in [0.15, 0.2) is 23.4 Å². The van der Waals surface area contributed by atoms with Crippen LogP contribution in [0.3, 0.4) is 0 Å². The van der Waals surface area contributed by atoms with E-state index in [0.29, 0.717) is 11.3 Å². The summed E-state index contributed by atoms with van der Waals surface area (Å²) < 4.78 is 14.2. The van der Waals surface area contributed by atoms with Crippen LogP contribution in [0, 0.1) is 5.82 Å². The van der Waals surface area contributed by atoms with Crippen LogP contribution in [0.25, 0.3) is 0 Å². The van der Waals surface area contributed by atoms with E-state index in [9.17, 15) is 4.39 Å². The van der Waals surface area contributed by atoms with Gasteiger partial charge in [-0.3, -0.25) is 4.90 Å². The molecule has 1 fully saturated rings. The summed E-state index contributed by atoms with van der Waals surface area (Å²) in [6.07, 6.45) is 0. The van der Waals surface area contributed by atoms with Gasteiger partial charge < -0.3 is 15.8 Å². The maximum absolute atomic E-state index is 14.2. The van der Waals surface area contributed by atoms with Crippen molar-refractivity contribution < 1.29 is 9.60 Å². The number of likely N-dealkylation sites (N-methyl/N-ethyl adjacent to an activating group) is 1. The molecule has 6 heteroatoms. The van der Waals surface area contributed by atoms with Gasteiger partial charge in [-0.05, 0) is 39.1 Å². The van der Waals surface area contributed by atoms with Crippen molar-refractivity contribution in [1.82, 2.24) is 4.90 Å². The Bertz CT molecular complexity index is 530. The zero-order valence-corrected chi connectivity index (χ0v) is 12.1. The van der Waals surface area contributed by atoms with Gasteiger partial charge in [0.2, 0.25) is 0 Å². The van der Waals surface area contributed by atoms with Gasteiger partial charge in [-0.25, -0.2) is 4.39 Å². The fourth-order valence-corrected chi connectivity index (χ4v) is 2.43. The molecule has 1 aromatic carbocycles. The Kier molecular flexibility index (Phi) is 3.85. The fourth-order valence-electron chi connectivity index (χ4n) is 2.43. The molecular weight excluding hydrogens is 259 g/mol. The quantitative estimate of drug-likeness (QED) is 0.372. The third kappa shape index (κ3) is 2.70. The van der Waals surface area contributed by atoms with E-state index in [-0.39, 0.29) is 17.2 Å². The molecule has 1 saturated heterocycles. The summed E-state index contributed by atoms with van der Waals surface area (Å²) in [5.74, 6) is -0.441. The first-order valence-electron chi connectivity index (χ1n) is 6.59. The lowest BCUT2D eigenvalue weighted by Crippen LogP contribution is -2.57. The van der Waals surface area contributed by atoms with Crippen LogP contribution in [0.1, 0.15) is 19.4 Å². The SMILES string of the molecule is CN1CCN(c2ccc(C(N)=NO)cc2F)CC1(C)C. The van der Waals surface area contributed by atoms with Gasteiger partial charge in [-0.1, -0.05) is 5.16 Å². The molecule has 0 amide bonds. The molecule has 0 radical (unpaired) electrons. The molecule has 5 nitrogen and oxygen atoms in total. The summed E-state index contributed by atoms with van der Waals surface area (Å²) >= 11 is 0. The third-order valence-corrected chi connectivity index (χ3v) is 4.01. The molecule has 0 spiro atoms. The summed E-state index contributed by atoms with van der Waals surface area (Å²) in [6.45, 7) is 6.70. The molecule has 0 bridgehead atoms. The van der Waals surface area contributed by atoms with Gasteiger partial charge in [0.1, 0.15) is 5.82 Å². The Morgan fingerprint density at radius 1 is 1.40 bits per heavy atom. The Morgan fingerprint density at radius 2 is 2.10 bits per heavy atom. The van der Waals surface area contributed by atoms with Crippen molar-refractivity contribution in [1.29, 1.82) is 0 Å². The van der Waals surface area contributed by atoms with E-state index in [2.05, 4.69) is 31.0 Å². The molecule has 1 aliphatic rings. The van der Waals surface area contributed by atoms with Crippen LogP contribution in [0.4, 0.5) is 10.1 Å². The molecule has 20 heavy (non-hydrogen) atoms. The summed E-state index contributed by atoms with van der Waals surface area (Å²) in [5, 5.41) is 11.5. The molecule has 2 rings (SSSR count). The van der Waals surface area contributed by atoms with Gasteiger partial charge in [-0.15, -0.1) is 0 Å². The highest BCUT2D eigenvalue weighted by Crippen LogP contribution is 2.27. The molecular formula is C14H21FN4O. The van der Waals surface area contributed by atoms with Crippen molar-refractivity contribution in [3.8, 4) is 0 Å². The number of hydrogen-bond acceptors (Lipinski definition) is 4. The maximum atomic E-state index is 14.2. The second-order valence-corrected chi connectivity index (χ2v) is 5.81. The minimum absolute atomic E-state index is 0.00501. The number of rotatable bonds is 2. The normalized spacial score (nSPS) is 20.2. The average molecular weight is 280 g/mol. The van der Waals surface area contributed by atoms with Crippen LogP contribution < -0.4 is 10.6 Å². The van der Waals surface area contributed by atoms with Crippen molar-refractivity contribution in [3.05, 3.63) is 29.6 Å². The molecule has 0 aromatic heterocycles. The van der Waals surface area contributed by atoms with E-state index < -0.39 is 0 Å². The van der Waals surface area contributed by atoms with E-state index in [0.717, 1.165) is 19.6 Å². The number of hydrogen-bond donors (Lipinski definition) is 2. The first-order valence-corrected chi connectivity index (χ1v) is 6.59. The number of benzene rings is 1. The number of nitrogens with zero attached hydrogens (tertiary/aromatic N) is 3. The lowest BCUT2D eigenvalue weighted by molar-refractivity contribution is 0.138. The molecule has 3 N–H and O–H groups in total. The summed E-state index contributed by atoms with van der Waals surface area (Å²) in [6, 6.07) is 4.65. The van der Waals surface area contributed by atoms with Gasteiger partial charge in [0.15, 0.2) is 5.84 Å². The third-order valence-electron chi connectivity index (χ3n) is 4.01. The monoisotopic (exact) mass is 280 g/mol. The van der Waals surface area contributed by atoms with Gasteiger partial charge in [0.05, 0.1) is 5.69 Å². The Morgan fingerprint density at radius 3 is 2.65 bits per heavy atom. The molecule has 1 heterocycles. The van der Waals surface area contributed by atoms with Gasteiger partial charge in [-0.2, -0.15) is 0 Å². The van der Waals surface area contributed by atoms with E-state index in [1.807, 2.05) is 4.90 Å². The van der Waals surface area contributed by atoms with Crippen molar-refractivity contribution in [2.75, 3.05) is 31.6 Å². The summed E-state index contributed by atoms with van der Waals surface area (Å²) in [5.41, 5.74) is 6.39. The number of anilines is 1. The highest BCUT2D eigenvalue weighted by atomic mass is 19.1. The fraction of sp³-hybridized carbons (Fsp3) is 0.500. The highest BCUT2D eigenvalue weighted by Gasteiger charge is 2.32. The van der Waals surface area contributed by atoms with Crippen molar-refractivity contribution in [3.63, 3.8) is 0 Å². The van der Waals surface area contributed by atoms with Crippen molar-refractivity contribution in [2.45, 2.75) is 19.4 Å². The molecule has 1 aliphatic heterocycles. The topological polar surface area (TPSA) is 65.1 Å². The van der Waals surface area contributed by atoms with E-state index >= 15 is 0 Å². The van der Waals surface area contributed by atoms with E-state index in [4.69, 9.17) is 10.9 Å². The van der Waals surface area contributed by atoms with Crippen molar-refractivity contribution in [2.24, 2.45) is 10.9 Å². The van der Waals surface area contributed by atoms with Crippen LogP contribution in [-0.4, -0.2) is 48.2 Å². The van der Waals surface area contributed by atoms with Gasteiger partial charge in [0, 0.05) is 30.7 Å². The minimum atomic E-state index is -0.352. The Hall–Kier alpha value is -1.82. The first-order chi connectivity index (χ1) is 9.35. The van der Waals surface area contributed by atoms with Gasteiger partial charge in [0.25, 0.3) is 0 Å². The summed E-state index contributed by atoms with van der Waals surface area (Å²) in [7, 11) is 2.08. The van der Waals surface area contributed by atoms with Crippen LogP contribution in [0.2, 0.25) is 0 Å². The molecule has 0 atom stereocenters. The number of nitrogens with two attached hydrogens (primary N) is 1. The number of amidine groups is 1. The predicted octanol–water partition coefficient (Wildman–Crippen LogP) is 1.45. The second kappa shape index (κ2) is 5.28. The molecule has 0 aliphatic carbocycles. The largest absolute Gasteiger partial charge is 0.409 e. The van der Waals surface area contributed by atoms with Crippen LogP contribution in [0.5, 0.6) is 0 Å². The number of halogens is 1. The van der Waals surface area contributed by atoms with E-state index in [1.54, 1.807) is 12.1 Å². The smallest absolute Gasteiger partial charge is 0.170 e. The van der Waals surface area contributed by atoms with Crippen molar-refractivity contribution >= 4 is 11.5 Å². The van der Waals surface area contributed by atoms with Crippen LogP contribution >= 0.6 is 0 Å². The second-order valence-electron chi connectivity index (χ2n) is 5.81. The highest BCUT2D eigenvalue weighted by molar-refractivity contribution is 5.97. The predicted molar refractivity (Wildman–Crippen MR) is 77.8 cm³/mol. The zero-order valence-electron chi connectivity index (χ0n) is 12.1. The number of piperazine rings is 1. The first kappa shape index (κ1) is 14.6. The molecule has 0 saturated carbocycles. The molecule has 1 aromatic rings. The average Bonchev–Trinajstić information content (AvgIpc) is 2.41. The van der Waals surface area contributed by atoms with Gasteiger partial charge >= 0.3 is 0 Å². The number of oxime groups is 1. The zero-order chi connectivity index (χ0) is 14.9. The maximum Gasteiger partial charge on any atom is 0.170 e. The van der Waals surface area contributed by atoms with E-state index in [1.165, 1.54) is 6.07 Å². The lowest BCUT2D eigenvalue weighted by atomic mass is 9.99. The molecule has 110 valence electrons. The standard InChI is InChI=1S/C14H21FN4O/c1-14(2)9-19(7-6-18(14)3)12-5-4-10(8-11(12)15)13(16)17-20/h4-5,8,20H,6-7,9H2,1-3H3,(H2,16,17). The minimum Gasteiger partial charge on any atom is -0.409 e. The lowest BCUT2D eigenvalue weighted by Gasteiger charge is -2.46. The van der Waals surface area contributed by atoms with Crippen LogP contribution in [-0.2, 0) is 0 Å².